The van der Waals surface area contributed by atoms with Crippen LogP contribution < -0.4 is 4.90 Å². The summed E-state index contributed by atoms with van der Waals surface area (Å²) < 4.78 is 0. The van der Waals surface area contributed by atoms with E-state index in [1.54, 1.807) is 18.1 Å². The molecule has 0 bridgehead atoms. The molecule has 1 heterocycles. The van der Waals surface area contributed by atoms with Crippen molar-refractivity contribution in [3.63, 3.8) is 0 Å². The summed E-state index contributed by atoms with van der Waals surface area (Å²) in [6.07, 6.45) is 1.56. The molecule has 0 spiro atoms. The van der Waals surface area contributed by atoms with E-state index in [9.17, 15) is 4.79 Å². The summed E-state index contributed by atoms with van der Waals surface area (Å²) in [6, 6.07) is 7.80. The molecule has 88 valence electrons. The lowest BCUT2D eigenvalue weighted by atomic mass is 10.1. The highest BCUT2D eigenvalue weighted by atomic mass is 16.2. The summed E-state index contributed by atoms with van der Waals surface area (Å²) in [7, 11) is 1.77. The van der Waals surface area contributed by atoms with Crippen molar-refractivity contribution < 1.29 is 4.79 Å². The van der Waals surface area contributed by atoms with Crippen molar-refractivity contribution in [3.05, 3.63) is 47.3 Å². The molecular weight excluding hydrogens is 214 g/mol. The summed E-state index contributed by atoms with van der Waals surface area (Å²) in [5, 5.41) is 6.64. The molecule has 0 unspecified atom stereocenters. The largest absolute Gasteiger partial charge is 0.311 e. The van der Waals surface area contributed by atoms with Crippen molar-refractivity contribution in [1.29, 1.82) is 0 Å². The number of benzene rings is 1. The highest BCUT2D eigenvalue weighted by molar-refractivity contribution is 6.06. The van der Waals surface area contributed by atoms with E-state index in [0.29, 0.717) is 5.56 Å². The maximum absolute atomic E-state index is 12.2. The number of hydrogen-bond acceptors (Lipinski definition) is 2. The van der Waals surface area contributed by atoms with Crippen molar-refractivity contribution in [2.24, 2.45) is 0 Å². The van der Waals surface area contributed by atoms with Gasteiger partial charge in [-0.05, 0) is 25.5 Å². The Morgan fingerprint density at radius 3 is 2.59 bits per heavy atom. The minimum Gasteiger partial charge on any atom is -0.311 e. The normalized spacial score (nSPS) is 10.3. The third-order valence-electron chi connectivity index (χ3n) is 2.84. The second-order valence-corrected chi connectivity index (χ2v) is 4.06. The molecule has 0 aliphatic heterocycles. The smallest absolute Gasteiger partial charge is 0.261 e. The van der Waals surface area contributed by atoms with Crippen LogP contribution in [0.3, 0.4) is 0 Å². The van der Waals surface area contributed by atoms with E-state index in [2.05, 4.69) is 10.2 Å². The summed E-state index contributed by atoms with van der Waals surface area (Å²) in [4.78, 5) is 13.9. The van der Waals surface area contributed by atoms with Crippen molar-refractivity contribution in [1.82, 2.24) is 10.2 Å². The zero-order chi connectivity index (χ0) is 12.4. The van der Waals surface area contributed by atoms with Gasteiger partial charge in [-0.2, -0.15) is 5.10 Å². The molecule has 2 aromatic rings. The van der Waals surface area contributed by atoms with E-state index >= 15 is 0 Å². The van der Waals surface area contributed by atoms with Gasteiger partial charge in [0.05, 0.1) is 11.8 Å². The first-order chi connectivity index (χ1) is 8.11. The predicted molar refractivity (Wildman–Crippen MR) is 67.2 cm³/mol. The second-order valence-electron chi connectivity index (χ2n) is 4.06. The number of carbonyl (C=O) groups excluding carboxylic acids is 1. The maximum atomic E-state index is 12.2. The summed E-state index contributed by atoms with van der Waals surface area (Å²) in [6.45, 7) is 3.83. The summed E-state index contributed by atoms with van der Waals surface area (Å²) in [5.74, 6) is -0.0504. The van der Waals surface area contributed by atoms with Crippen LogP contribution in [-0.4, -0.2) is 23.2 Å². The number of nitrogens with one attached hydrogen (secondary N) is 1. The van der Waals surface area contributed by atoms with Gasteiger partial charge in [-0.25, -0.2) is 0 Å². The average Bonchev–Trinajstić information content (AvgIpc) is 2.74. The molecule has 0 aliphatic carbocycles. The van der Waals surface area contributed by atoms with Crippen LogP contribution in [0, 0.1) is 13.8 Å². The van der Waals surface area contributed by atoms with Gasteiger partial charge in [0.1, 0.15) is 0 Å². The zero-order valence-corrected chi connectivity index (χ0v) is 10.2. The van der Waals surface area contributed by atoms with Gasteiger partial charge in [0.15, 0.2) is 0 Å². The number of aryl methyl sites for hydroxylation is 2. The molecule has 0 atom stereocenters. The van der Waals surface area contributed by atoms with E-state index in [4.69, 9.17) is 0 Å². The average molecular weight is 229 g/mol. The fourth-order valence-electron chi connectivity index (χ4n) is 1.80. The minimum atomic E-state index is -0.0504. The Balaban J connectivity index is 2.33. The maximum Gasteiger partial charge on any atom is 0.261 e. The van der Waals surface area contributed by atoms with Crippen molar-refractivity contribution in [3.8, 4) is 0 Å². The Bertz CT molecular complexity index is 545. The number of aromatic amines is 1. The van der Waals surface area contributed by atoms with Gasteiger partial charge < -0.3 is 4.90 Å². The molecule has 0 aliphatic rings. The van der Waals surface area contributed by atoms with Crippen molar-refractivity contribution >= 4 is 11.6 Å². The number of nitrogens with zero attached hydrogens (tertiary/aromatic N) is 2. The van der Waals surface area contributed by atoms with Gasteiger partial charge in [0, 0.05) is 18.4 Å². The molecule has 0 saturated carbocycles. The van der Waals surface area contributed by atoms with Gasteiger partial charge in [0.2, 0.25) is 0 Å². The highest BCUT2D eigenvalue weighted by Crippen LogP contribution is 2.20. The third kappa shape index (κ3) is 2.06. The first-order valence-electron chi connectivity index (χ1n) is 5.45. The number of hydrogen-bond donors (Lipinski definition) is 1. The molecule has 2 rings (SSSR count). The third-order valence-corrected chi connectivity index (χ3v) is 2.84. The topological polar surface area (TPSA) is 49.0 Å². The number of anilines is 1. The SMILES string of the molecule is Cc1ccccc1N(C)C(=O)c1cn[nH]c1C. The van der Waals surface area contributed by atoms with E-state index in [-0.39, 0.29) is 5.91 Å². The zero-order valence-electron chi connectivity index (χ0n) is 10.2. The van der Waals surface area contributed by atoms with Crippen LogP contribution in [0.1, 0.15) is 21.6 Å². The Kier molecular flexibility index (Phi) is 2.95. The molecule has 1 N–H and O–H groups in total. The molecule has 0 fully saturated rings. The fraction of sp³-hybridized carbons (Fsp3) is 0.231. The van der Waals surface area contributed by atoms with Crippen LogP contribution in [-0.2, 0) is 0 Å². The highest BCUT2D eigenvalue weighted by Gasteiger charge is 2.17. The predicted octanol–water partition coefficient (Wildman–Crippen LogP) is 2.30. The van der Waals surface area contributed by atoms with E-state index in [0.717, 1.165) is 16.9 Å². The number of rotatable bonds is 2. The molecule has 4 nitrogen and oxygen atoms in total. The number of para-hydroxylation sites is 1. The Morgan fingerprint density at radius 2 is 2.00 bits per heavy atom. The monoisotopic (exact) mass is 229 g/mol. The number of aromatic nitrogens is 2. The van der Waals surface area contributed by atoms with E-state index < -0.39 is 0 Å². The Labute approximate surface area is 100 Å². The van der Waals surface area contributed by atoms with E-state index in [1.165, 1.54) is 0 Å². The van der Waals surface area contributed by atoms with Crippen LogP contribution in [0.4, 0.5) is 5.69 Å². The van der Waals surface area contributed by atoms with Crippen LogP contribution in [0.25, 0.3) is 0 Å². The Morgan fingerprint density at radius 1 is 1.29 bits per heavy atom. The van der Waals surface area contributed by atoms with Gasteiger partial charge in [-0.1, -0.05) is 18.2 Å². The summed E-state index contributed by atoms with van der Waals surface area (Å²) in [5.41, 5.74) is 3.38. The standard InChI is InChI=1S/C13H15N3O/c1-9-6-4-5-7-12(9)16(3)13(17)11-8-14-15-10(11)2/h4-8H,1-3H3,(H,14,15). The molecule has 1 aromatic carbocycles. The van der Waals surface area contributed by atoms with Crippen molar-refractivity contribution in [2.75, 3.05) is 11.9 Å². The van der Waals surface area contributed by atoms with Crippen LogP contribution in [0.2, 0.25) is 0 Å². The molecule has 1 amide bonds. The van der Waals surface area contributed by atoms with Gasteiger partial charge in [-0.3, -0.25) is 9.89 Å². The number of H-pyrrole nitrogens is 1. The van der Waals surface area contributed by atoms with Gasteiger partial charge >= 0.3 is 0 Å². The van der Waals surface area contributed by atoms with Crippen molar-refractivity contribution in [2.45, 2.75) is 13.8 Å². The van der Waals surface area contributed by atoms with Gasteiger partial charge in [-0.15, -0.1) is 0 Å². The van der Waals surface area contributed by atoms with Gasteiger partial charge in [0.25, 0.3) is 5.91 Å². The molecule has 1 aromatic heterocycles. The van der Waals surface area contributed by atoms with Crippen LogP contribution in [0.15, 0.2) is 30.5 Å². The number of carbonyl (C=O) groups is 1. The Hall–Kier alpha value is -2.10. The minimum absolute atomic E-state index is 0.0504. The lowest BCUT2D eigenvalue weighted by Gasteiger charge is -2.19. The molecule has 4 heteroatoms. The molecule has 17 heavy (non-hydrogen) atoms. The molecule has 0 saturated heterocycles. The second kappa shape index (κ2) is 4.41. The van der Waals surface area contributed by atoms with E-state index in [1.807, 2.05) is 38.1 Å². The lowest BCUT2D eigenvalue weighted by molar-refractivity contribution is 0.0992. The first-order valence-corrected chi connectivity index (χ1v) is 5.45. The van der Waals surface area contributed by atoms with Crippen LogP contribution >= 0.6 is 0 Å². The first kappa shape index (κ1) is 11.4. The molecule has 0 radical (unpaired) electrons. The van der Waals surface area contributed by atoms with Crippen LogP contribution in [0.5, 0.6) is 0 Å². The quantitative estimate of drug-likeness (QED) is 0.859. The molecular formula is C13H15N3O. The fourth-order valence-corrected chi connectivity index (χ4v) is 1.80. The summed E-state index contributed by atoms with van der Waals surface area (Å²) >= 11 is 0. The number of amides is 1. The lowest BCUT2D eigenvalue weighted by Crippen LogP contribution is -2.27.